The van der Waals surface area contributed by atoms with Crippen molar-refractivity contribution >= 4 is 5.78 Å². The molecule has 98 valence electrons. The van der Waals surface area contributed by atoms with E-state index in [1.54, 1.807) is 0 Å². The van der Waals surface area contributed by atoms with Gasteiger partial charge in [-0.1, -0.05) is 0 Å². The van der Waals surface area contributed by atoms with Gasteiger partial charge in [-0.2, -0.15) is 0 Å². The molecule has 1 aromatic heterocycles. The molecule has 0 amide bonds. The van der Waals surface area contributed by atoms with Crippen LogP contribution >= 0.6 is 0 Å². The monoisotopic (exact) mass is 252 g/mol. The number of likely N-dealkylation sites (N-methyl/N-ethyl adjacent to an activating group) is 1. The number of piperazine rings is 1. The minimum Gasteiger partial charge on any atom is -0.306 e. The summed E-state index contributed by atoms with van der Waals surface area (Å²) in [4.78, 5) is 38.8. The lowest BCUT2D eigenvalue weighted by Crippen LogP contribution is -2.54. The van der Waals surface area contributed by atoms with Crippen molar-refractivity contribution in [3.8, 4) is 0 Å². The molecule has 0 radical (unpaired) electrons. The highest BCUT2D eigenvalue weighted by Gasteiger charge is 2.17. The Bertz CT molecular complexity index is 566. The molecule has 0 bridgehead atoms. The standard InChI is InChI=1S/C11H16N4O3/c1-8(16)9-7-15(11(18)12-10(9)17)14-5-3-13(2)4-6-14/h7H,3-6H2,1-2H3,(H,12,17,18). The minimum absolute atomic E-state index is 0.00790. The van der Waals surface area contributed by atoms with Crippen LogP contribution in [0.5, 0.6) is 0 Å². The van der Waals surface area contributed by atoms with Crippen molar-refractivity contribution in [2.45, 2.75) is 6.92 Å². The smallest absolute Gasteiger partial charge is 0.306 e. The molecular formula is C11H16N4O3. The predicted molar refractivity (Wildman–Crippen MR) is 66.8 cm³/mol. The van der Waals surface area contributed by atoms with Gasteiger partial charge >= 0.3 is 5.69 Å². The van der Waals surface area contributed by atoms with Crippen molar-refractivity contribution in [3.63, 3.8) is 0 Å². The van der Waals surface area contributed by atoms with Crippen LogP contribution in [0.2, 0.25) is 0 Å². The van der Waals surface area contributed by atoms with Crippen LogP contribution in [0.25, 0.3) is 0 Å². The summed E-state index contributed by atoms with van der Waals surface area (Å²) in [5, 5.41) is 1.82. The van der Waals surface area contributed by atoms with Crippen LogP contribution < -0.4 is 16.3 Å². The van der Waals surface area contributed by atoms with E-state index in [1.165, 1.54) is 17.8 Å². The topological polar surface area (TPSA) is 78.4 Å². The number of aromatic nitrogens is 2. The number of aromatic amines is 1. The van der Waals surface area contributed by atoms with Crippen molar-refractivity contribution in [2.24, 2.45) is 0 Å². The molecule has 1 aromatic rings. The fourth-order valence-electron chi connectivity index (χ4n) is 1.93. The van der Waals surface area contributed by atoms with Gasteiger partial charge in [-0.3, -0.25) is 14.6 Å². The molecule has 0 atom stereocenters. The van der Waals surface area contributed by atoms with E-state index in [2.05, 4.69) is 9.88 Å². The Balaban J connectivity index is 2.39. The largest absolute Gasteiger partial charge is 0.347 e. The molecule has 1 saturated heterocycles. The van der Waals surface area contributed by atoms with E-state index in [-0.39, 0.29) is 11.3 Å². The summed E-state index contributed by atoms with van der Waals surface area (Å²) in [6, 6.07) is 0. The normalized spacial score (nSPS) is 16.9. The number of carbonyl (C=O) groups is 1. The minimum atomic E-state index is -0.627. The summed E-state index contributed by atoms with van der Waals surface area (Å²) in [6.45, 7) is 4.34. The van der Waals surface area contributed by atoms with Crippen LogP contribution in [0, 0.1) is 0 Å². The Kier molecular flexibility index (Phi) is 3.33. The van der Waals surface area contributed by atoms with Crippen LogP contribution in [0.15, 0.2) is 15.8 Å². The van der Waals surface area contributed by atoms with E-state index >= 15 is 0 Å². The Hall–Kier alpha value is -1.89. The van der Waals surface area contributed by atoms with Gasteiger partial charge < -0.3 is 9.91 Å². The van der Waals surface area contributed by atoms with Crippen molar-refractivity contribution in [2.75, 3.05) is 38.2 Å². The number of hydrogen-bond donors (Lipinski definition) is 1. The first-order chi connectivity index (χ1) is 8.49. The van der Waals surface area contributed by atoms with Gasteiger partial charge in [0.05, 0.1) is 0 Å². The molecule has 1 aliphatic rings. The van der Waals surface area contributed by atoms with Crippen molar-refractivity contribution in [1.82, 2.24) is 14.6 Å². The summed E-state index contributed by atoms with van der Waals surface area (Å²) in [5.74, 6) is -0.348. The van der Waals surface area contributed by atoms with Crippen LogP contribution in [0.3, 0.4) is 0 Å². The molecular weight excluding hydrogens is 236 g/mol. The van der Waals surface area contributed by atoms with Crippen molar-refractivity contribution in [3.05, 3.63) is 32.6 Å². The van der Waals surface area contributed by atoms with E-state index in [0.717, 1.165) is 13.1 Å². The van der Waals surface area contributed by atoms with Crippen LogP contribution in [0.4, 0.5) is 0 Å². The second-order valence-electron chi connectivity index (χ2n) is 4.46. The maximum atomic E-state index is 11.7. The lowest BCUT2D eigenvalue weighted by molar-refractivity contribution is 0.101. The Labute approximate surface area is 104 Å². The van der Waals surface area contributed by atoms with Gasteiger partial charge in [0.2, 0.25) is 0 Å². The van der Waals surface area contributed by atoms with Crippen LogP contribution in [0.1, 0.15) is 17.3 Å². The third kappa shape index (κ3) is 2.35. The lowest BCUT2D eigenvalue weighted by Gasteiger charge is -2.34. The molecule has 0 aromatic carbocycles. The van der Waals surface area contributed by atoms with E-state index in [9.17, 15) is 14.4 Å². The first kappa shape index (κ1) is 12.6. The van der Waals surface area contributed by atoms with Gasteiger partial charge in [-0.25, -0.2) is 9.47 Å². The fourth-order valence-corrected chi connectivity index (χ4v) is 1.93. The highest BCUT2D eigenvalue weighted by Crippen LogP contribution is 1.98. The zero-order valence-electron chi connectivity index (χ0n) is 10.5. The number of Topliss-reactive ketones (excluding diaryl/α,β-unsaturated/α-hetero) is 1. The third-order valence-corrected chi connectivity index (χ3v) is 3.09. The molecule has 0 unspecified atom stereocenters. The molecule has 7 nitrogen and oxygen atoms in total. The van der Waals surface area contributed by atoms with Gasteiger partial charge in [0, 0.05) is 32.4 Å². The predicted octanol–water partition coefficient (Wildman–Crippen LogP) is -1.38. The zero-order valence-corrected chi connectivity index (χ0v) is 10.5. The SMILES string of the molecule is CC(=O)c1cn(N2CCN(C)CC2)c(=O)[nH]c1=O. The number of nitrogens with one attached hydrogen (secondary N) is 1. The molecule has 0 aliphatic carbocycles. The molecule has 0 saturated carbocycles. The second kappa shape index (κ2) is 4.77. The number of ketones is 1. The van der Waals surface area contributed by atoms with Gasteiger partial charge in [-0.15, -0.1) is 0 Å². The fraction of sp³-hybridized carbons (Fsp3) is 0.545. The van der Waals surface area contributed by atoms with Crippen LogP contribution in [-0.2, 0) is 0 Å². The number of hydrogen-bond acceptors (Lipinski definition) is 5. The van der Waals surface area contributed by atoms with Crippen LogP contribution in [-0.4, -0.2) is 53.6 Å². The second-order valence-corrected chi connectivity index (χ2v) is 4.46. The van der Waals surface area contributed by atoms with Crippen molar-refractivity contribution < 1.29 is 4.79 Å². The third-order valence-electron chi connectivity index (χ3n) is 3.09. The average Bonchev–Trinajstić information content (AvgIpc) is 2.30. The Morgan fingerprint density at radius 3 is 2.39 bits per heavy atom. The summed E-state index contributed by atoms with van der Waals surface area (Å²) in [7, 11) is 2.01. The summed E-state index contributed by atoms with van der Waals surface area (Å²) < 4.78 is 1.32. The quantitative estimate of drug-likeness (QED) is 0.657. The maximum Gasteiger partial charge on any atom is 0.347 e. The molecule has 1 aliphatic heterocycles. The van der Waals surface area contributed by atoms with Gasteiger partial charge in [0.1, 0.15) is 5.56 Å². The van der Waals surface area contributed by atoms with E-state index in [1.807, 2.05) is 12.1 Å². The van der Waals surface area contributed by atoms with Gasteiger partial charge in [-0.05, 0) is 14.0 Å². The summed E-state index contributed by atoms with van der Waals surface area (Å²) >= 11 is 0. The Morgan fingerprint density at radius 1 is 1.22 bits per heavy atom. The molecule has 0 spiro atoms. The highest BCUT2D eigenvalue weighted by atomic mass is 16.2. The average molecular weight is 252 g/mol. The zero-order chi connectivity index (χ0) is 13.3. The van der Waals surface area contributed by atoms with Crippen molar-refractivity contribution in [1.29, 1.82) is 0 Å². The molecule has 2 heterocycles. The van der Waals surface area contributed by atoms with Gasteiger partial charge in [0.25, 0.3) is 5.56 Å². The first-order valence-corrected chi connectivity index (χ1v) is 5.79. The van der Waals surface area contributed by atoms with E-state index in [4.69, 9.17) is 0 Å². The number of nitrogens with zero attached hydrogens (tertiary/aromatic N) is 3. The highest BCUT2D eigenvalue weighted by molar-refractivity contribution is 5.93. The van der Waals surface area contributed by atoms with E-state index in [0.29, 0.717) is 13.1 Å². The summed E-state index contributed by atoms with van der Waals surface area (Å²) in [6.07, 6.45) is 1.33. The Morgan fingerprint density at radius 2 is 1.83 bits per heavy atom. The molecule has 1 N–H and O–H groups in total. The van der Waals surface area contributed by atoms with Gasteiger partial charge in [0.15, 0.2) is 5.78 Å². The number of carbonyl (C=O) groups excluding carboxylic acids is 1. The first-order valence-electron chi connectivity index (χ1n) is 5.79. The maximum absolute atomic E-state index is 11.7. The number of H-pyrrole nitrogens is 1. The van der Waals surface area contributed by atoms with E-state index < -0.39 is 11.2 Å². The number of rotatable bonds is 2. The lowest BCUT2D eigenvalue weighted by atomic mass is 10.2. The molecule has 1 fully saturated rings. The molecule has 2 rings (SSSR count). The molecule has 18 heavy (non-hydrogen) atoms. The molecule has 7 heteroatoms. The summed E-state index contributed by atoms with van der Waals surface area (Å²) in [5.41, 5.74) is -1.12.